The van der Waals surface area contributed by atoms with E-state index < -0.39 is 12.1 Å². The quantitative estimate of drug-likeness (QED) is 0.685. The van der Waals surface area contributed by atoms with Gasteiger partial charge in [0.15, 0.2) is 0 Å². The summed E-state index contributed by atoms with van der Waals surface area (Å²) in [6.45, 7) is 0.808. The molecule has 0 heterocycles. The molecule has 0 aliphatic carbocycles. The zero-order valence-electron chi connectivity index (χ0n) is 11.2. The van der Waals surface area contributed by atoms with Crippen molar-refractivity contribution in [3.8, 4) is 0 Å². The Kier molecular flexibility index (Phi) is 8.30. The average Bonchev–Trinajstić information content (AvgIpc) is 2.45. The molecule has 0 spiro atoms. The summed E-state index contributed by atoms with van der Waals surface area (Å²) in [5, 5.41) is 11.1. The summed E-state index contributed by atoms with van der Waals surface area (Å²) in [6, 6.07) is 9.49. The minimum atomic E-state index is -0.794. The topological polar surface area (TPSA) is 75.6 Å². The van der Waals surface area contributed by atoms with Crippen LogP contribution in [-0.4, -0.2) is 35.2 Å². The third-order valence-electron chi connectivity index (χ3n) is 2.42. The predicted octanol–water partition coefficient (Wildman–Crippen LogP) is 2.51. The van der Waals surface area contributed by atoms with E-state index in [1.807, 2.05) is 30.3 Å². The van der Waals surface area contributed by atoms with Gasteiger partial charge < -0.3 is 15.2 Å². The fraction of sp³-hybridized carbons (Fsp3) is 0.429. The van der Waals surface area contributed by atoms with Gasteiger partial charge in [-0.05, 0) is 24.2 Å². The minimum absolute atomic E-state index is 0.131. The maximum atomic E-state index is 11.4. The summed E-state index contributed by atoms with van der Waals surface area (Å²) in [4.78, 5) is 21.7. The van der Waals surface area contributed by atoms with Crippen LogP contribution in [0.25, 0.3) is 0 Å². The summed E-state index contributed by atoms with van der Waals surface area (Å²) >= 11 is 1.38. The number of nitrogens with one attached hydrogen (secondary N) is 1. The van der Waals surface area contributed by atoms with Gasteiger partial charge in [-0.3, -0.25) is 4.79 Å². The van der Waals surface area contributed by atoms with Crippen LogP contribution in [0.4, 0.5) is 4.79 Å². The number of carbonyl (C=O) groups is 2. The van der Waals surface area contributed by atoms with Crippen molar-refractivity contribution in [3.63, 3.8) is 0 Å². The maximum absolute atomic E-state index is 11.4. The molecule has 0 fully saturated rings. The standard InChI is InChI=1S/C14H19NO4S/c16-13(17)11-20-9-5-4-8-15-14(18)19-10-12-6-2-1-3-7-12/h1-3,6-7H,4-5,8-11H2,(H,15,18)(H,16,17). The Hall–Kier alpha value is -1.69. The maximum Gasteiger partial charge on any atom is 0.407 e. The first kappa shape index (κ1) is 16.4. The number of amides is 1. The van der Waals surface area contributed by atoms with Crippen LogP contribution in [0.3, 0.4) is 0 Å². The van der Waals surface area contributed by atoms with Gasteiger partial charge in [0.05, 0.1) is 5.75 Å². The third kappa shape index (κ3) is 8.42. The van der Waals surface area contributed by atoms with Crippen LogP contribution in [0.5, 0.6) is 0 Å². The Labute approximate surface area is 122 Å². The molecule has 110 valence electrons. The number of hydrogen-bond acceptors (Lipinski definition) is 4. The fourth-order valence-electron chi connectivity index (χ4n) is 1.45. The lowest BCUT2D eigenvalue weighted by atomic mass is 10.2. The molecular weight excluding hydrogens is 278 g/mol. The van der Waals surface area contributed by atoms with Crippen LogP contribution in [0, 0.1) is 0 Å². The van der Waals surface area contributed by atoms with Gasteiger partial charge in [-0.25, -0.2) is 4.79 Å². The van der Waals surface area contributed by atoms with E-state index in [1.54, 1.807) is 0 Å². The molecule has 1 aromatic rings. The number of hydrogen-bond donors (Lipinski definition) is 2. The highest BCUT2D eigenvalue weighted by molar-refractivity contribution is 7.99. The van der Waals surface area contributed by atoms with E-state index in [-0.39, 0.29) is 12.4 Å². The molecule has 0 saturated heterocycles. The number of benzene rings is 1. The molecule has 0 unspecified atom stereocenters. The number of aliphatic carboxylic acids is 1. The van der Waals surface area contributed by atoms with Gasteiger partial charge in [0, 0.05) is 6.54 Å². The largest absolute Gasteiger partial charge is 0.481 e. The van der Waals surface area contributed by atoms with Crippen molar-refractivity contribution in [2.75, 3.05) is 18.1 Å². The van der Waals surface area contributed by atoms with E-state index >= 15 is 0 Å². The second-order valence-corrected chi connectivity index (χ2v) is 5.25. The van der Waals surface area contributed by atoms with Crippen LogP contribution in [0.2, 0.25) is 0 Å². The molecule has 5 nitrogen and oxygen atoms in total. The summed E-state index contributed by atoms with van der Waals surface area (Å²) in [5.41, 5.74) is 0.952. The first-order valence-corrected chi connectivity index (χ1v) is 7.58. The lowest BCUT2D eigenvalue weighted by molar-refractivity contribution is -0.133. The summed E-state index contributed by atoms with van der Waals surface area (Å²) in [7, 11) is 0. The zero-order chi connectivity index (χ0) is 14.6. The number of thioether (sulfide) groups is 1. The Balaban J connectivity index is 1.96. The highest BCUT2D eigenvalue weighted by Gasteiger charge is 2.02. The molecule has 0 aromatic heterocycles. The van der Waals surface area contributed by atoms with Crippen molar-refractivity contribution >= 4 is 23.8 Å². The number of carbonyl (C=O) groups excluding carboxylic acids is 1. The highest BCUT2D eigenvalue weighted by Crippen LogP contribution is 2.04. The van der Waals surface area contributed by atoms with E-state index in [0.29, 0.717) is 6.54 Å². The Morgan fingerprint density at radius 1 is 1.20 bits per heavy atom. The van der Waals surface area contributed by atoms with Gasteiger partial charge in [-0.2, -0.15) is 11.8 Å². The summed E-state index contributed by atoms with van der Waals surface area (Å²) in [5.74, 6) is 0.122. The Morgan fingerprint density at radius 2 is 1.95 bits per heavy atom. The average molecular weight is 297 g/mol. The molecule has 20 heavy (non-hydrogen) atoms. The minimum Gasteiger partial charge on any atom is -0.481 e. The molecule has 0 aliphatic heterocycles. The van der Waals surface area contributed by atoms with Gasteiger partial charge >= 0.3 is 12.1 Å². The molecule has 0 radical (unpaired) electrons. The number of carboxylic acid groups (broad SMARTS) is 1. The molecule has 1 amide bonds. The summed E-state index contributed by atoms with van der Waals surface area (Å²) in [6.07, 6.45) is 1.26. The van der Waals surface area contributed by atoms with Gasteiger partial charge in [-0.15, -0.1) is 0 Å². The molecule has 0 aliphatic rings. The Morgan fingerprint density at radius 3 is 2.65 bits per heavy atom. The van der Waals surface area contributed by atoms with Gasteiger partial charge in [0.2, 0.25) is 0 Å². The van der Waals surface area contributed by atoms with E-state index in [2.05, 4.69) is 5.32 Å². The SMILES string of the molecule is O=C(O)CSCCCCNC(=O)OCc1ccccc1. The molecule has 0 bridgehead atoms. The number of carboxylic acids is 1. The van der Waals surface area contributed by atoms with Gasteiger partial charge in [0.25, 0.3) is 0 Å². The first-order chi connectivity index (χ1) is 9.68. The van der Waals surface area contributed by atoms with Gasteiger partial charge in [-0.1, -0.05) is 30.3 Å². The van der Waals surface area contributed by atoms with Gasteiger partial charge in [0.1, 0.15) is 6.61 Å². The lowest BCUT2D eigenvalue weighted by Gasteiger charge is -2.06. The molecule has 2 N–H and O–H groups in total. The molecule has 0 atom stereocenters. The van der Waals surface area contributed by atoms with Crippen LogP contribution < -0.4 is 5.32 Å². The second kappa shape index (κ2) is 10.1. The van der Waals surface area contributed by atoms with Crippen molar-refractivity contribution in [1.29, 1.82) is 0 Å². The number of unbranched alkanes of at least 4 members (excludes halogenated alkanes) is 1. The molecule has 0 saturated carbocycles. The van der Waals surface area contributed by atoms with Crippen molar-refractivity contribution in [2.24, 2.45) is 0 Å². The summed E-state index contributed by atoms with van der Waals surface area (Å²) < 4.78 is 5.05. The predicted molar refractivity (Wildman–Crippen MR) is 78.8 cm³/mol. The van der Waals surface area contributed by atoms with Crippen LogP contribution in [-0.2, 0) is 16.1 Å². The van der Waals surface area contributed by atoms with Crippen molar-refractivity contribution < 1.29 is 19.4 Å². The first-order valence-electron chi connectivity index (χ1n) is 6.42. The van der Waals surface area contributed by atoms with Crippen LogP contribution in [0.1, 0.15) is 18.4 Å². The zero-order valence-corrected chi connectivity index (χ0v) is 12.0. The van der Waals surface area contributed by atoms with Crippen LogP contribution >= 0.6 is 11.8 Å². The molecule has 1 rings (SSSR count). The smallest absolute Gasteiger partial charge is 0.407 e. The fourth-order valence-corrected chi connectivity index (χ4v) is 2.18. The third-order valence-corrected chi connectivity index (χ3v) is 3.45. The molecule has 1 aromatic carbocycles. The van der Waals surface area contributed by atoms with E-state index in [9.17, 15) is 9.59 Å². The molecular formula is C14H19NO4S. The highest BCUT2D eigenvalue weighted by atomic mass is 32.2. The van der Waals surface area contributed by atoms with Crippen molar-refractivity contribution in [1.82, 2.24) is 5.32 Å². The van der Waals surface area contributed by atoms with Crippen LogP contribution in [0.15, 0.2) is 30.3 Å². The number of ether oxygens (including phenoxy) is 1. The van der Waals surface area contributed by atoms with E-state index in [1.165, 1.54) is 11.8 Å². The second-order valence-electron chi connectivity index (χ2n) is 4.14. The number of rotatable bonds is 9. The monoisotopic (exact) mass is 297 g/mol. The lowest BCUT2D eigenvalue weighted by Crippen LogP contribution is -2.25. The van der Waals surface area contributed by atoms with E-state index in [0.717, 1.165) is 24.2 Å². The van der Waals surface area contributed by atoms with Crippen molar-refractivity contribution in [3.05, 3.63) is 35.9 Å². The van der Waals surface area contributed by atoms with Crippen molar-refractivity contribution in [2.45, 2.75) is 19.4 Å². The molecule has 6 heteroatoms. The number of alkyl carbamates (subject to hydrolysis) is 1. The Bertz CT molecular complexity index is 411. The van der Waals surface area contributed by atoms with E-state index in [4.69, 9.17) is 9.84 Å². The normalized spacial score (nSPS) is 10.0.